The van der Waals surface area contributed by atoms with Crippen LogP contribution in [0.3, 0.4) is 0 Å². The Morgan fingerprint density at radius 2 is 1.87 bits per heavy atom. The molecule has 3 N–H and O–H groups in total. The third-order valence-corrected chi connectivity index (χ3v) is 4.20. The SMILES string of the molecule is CC(C)(C)OC(=O)NCC12CO[C@](N)(CO1)C1OC(C)(C)OC12. The van der Waals surface area contributed by atoms with E-state index in [4.69, 9.17) is 29.4 Å². The fraction of sp³-hybridized carbons (Fsp3) is 0.933. The molecule has 4 fully saturated rings. The van der Waals surface area contributed by atoms with Crippen molar-refractivity contribution in [1.29, 1.82) is 0 Å². The van der Waals surface area contributed by atoms with Crippen LogP contribution in [0.4, 0.5) is 4.79 Å². The minimum atomic E-state index is -1.02. The van der Waals surface area contributed by atoms with E-state index in [2.05, 4.69) is 5.32 Å². The molecule has 4 aliphatic heterocycles. The number of hydrogen-bond acceptors (Lipinski definition) is 7. The van der Waals surface area contributed by atoms with Gasteiger partial charge in [0.05, 0.1) is 19.8 Å². The number of rotatable bonds is 2. The van der Waals surface area contributed by atoms with E-state index >= 15 is 0 Å². The fourth-order valence-corrected chi connectivity index (χ4v) is 3.17. The van der Waals surface area contributed by atoms with Crippen LogP contribution in [0.1, 0.15) is 34.6 Å². The van der Waals surface area contributed by atoms with E-state index in [0.717, 1.165) is 0 Å². The van der Waals surface area contributed by atoms with Gasteiger partial charge in [-0.05, 0) is 34.6 Å². The summed E-state index contributed by atoms with van der Waals surface area (Å²) in [4.78, 5) is 11.9. The van der Waals surface area contributed by atoms with Crippen LogP contribution in [-0.2, 0) is 23.7 Å². The van der Waals surface area contributed by atoms with Gasteiger partial charge >= 0.3 is 6.09 Å². The molecule has 4 aliphatic rings. The van der Waals surface area contributed by atoms with Crippen molar-refractivity contribution in [3.63, 3.8) is 0 Å². The fourth-order valence-electron chi connectivity index (χ4n) is 3.17. The Kier molecular flexibility index (Phi) is 3.70. The number of carbonyl (C=O) groups excluding carboxylic acids is 1. The van der Waals surface area contributed by atoms with Gasteiger partial charge in [-0.25, -0.2) is 4.79 Å². The second-order valence-corrected chi connectivity index (χ2v) is 7.93. The zero-order valence-corrected chi connectivity index (χ0v) is 14.3. The van der Waals surface area contributed by atoms with Gasteiger partial charge in [0.1, 0.15) is 23.4 Å². The van der Waals surface area contributed by atoms with Crippen molar-refractivity contribution in [2.75, 3.05) is 19.8 Å². The zero-order valence-electron chi connectivity index (χ0n) is 14.3. The summed E-state index contributed by atoms with van der Waals surface area (Å²) in [6, 6.07) is 0. The Hall–Kier alpha value is -0.930. The molecule has 3 unspecified atom stereocenters. The molecule has 0 saturated carbocycles. The monoisotopic (exact) mass is 330 g/mol. The topological polar surface area (TPSA) is 101 Å². The molecule has 4 atom stereocenters. The van der Waals surface area contributed by atoms with Gasteiger partial charge < -0.3 is 29.0 Å². The van der Waals surface area contributed by atoms with Crippen LogP contribution in [0, 0.1) is 0 Å². The molecule has 0 aromatic heterocycles. The van der Waals surface area contributed by atoms with Crippen molar-refractivity contribution >= 4 is 6.09 Å². The Morgan fingerprint density at radius 3 is 2.43 bits per heavy atom. The quantitative estimate of drug-likeness (QED) is 0.759. The molecular weight excluding hydrogens is 304 g/mol. The molecule has 0 radical (unpaired) electrons. The van der Waals surface area contributed by atoms with Crippen LogP contribution in [0.15, 0.2) is 0 Å². The Balaban J connectivity index is 1.72. The number of hydrogen-bond donors (Lipinski definition) is 2. The zero-order chi connectivity index (χ0) is 17.1. The summed E-state index contributed by atoms with van der Waals surface area (Å²) in [6.45, 7) is 9.66. The molecule has 4 saturated heterocycles. The molecule has 8 heteroatoms. The normalized spacial score (nSPS) is 41.5. The maximum Gasteiger partial charge on any atom is 0.407 e. The van der Waals surface area contributed by atoms with E-state index < -0.39 is 41.0 Å². The molecule has 23 heavy (non-hydrogen) atoms. The lowest BCUT2D eigenvalue weighted by Crippen LogP contribution is -2.78. The van der Waals surface area contributed by atoms with E-state index in [1.54, 1.807) is 20.8 Å². The summed E-state index contributed by atoms with van der Waals surface area (Å²) < 4.78 is 28.8. The highest BCUT2D eigenvalue weighted by Crippen LogP contribution is 2.47. The van der Waals surface area contributed by atoms with Gasteiger partial charge in [-0.1, -0.05) is 0 Å². The van der Waals surface area contributed by atoms with Gasteiger partial charge in [-0.15, -0.1) is 0 Å². The maximum absolute atomic E-state index is 11.9. The minimum absolute atomic E-state index is 0.184. The lowest BCUT2D eigenvalue weighted by atomic mass is 9.82. The maximum atomic E-state index is 11.9. The first-order valence-corrected chi connectivity index (χ1v) is 7.84. The molecule has 0 spiro atoms. The summed E-state index contributed by atoms with van der Waals surface area (Å²) in [6.07, 6.45) is -1.37. The summed E-state index contributed by atoms with van der Waals surface area (Å²) >= 11 is 0. The smallest absolute Gasteiger partial charge is 0.407 e. The van der Waals surface area contributed by atoms with Gasteiger partial charge in [-0.2, -0.15) is 0 Å². The van der Waals surface area contributed by atoms with E-state index in [1.807, 2.05) is 13.8 Å². The van der Waals surface area contributed by atoms with Crippen molar-refractivity contribution in [2.24, 2.45) is 5.73 Å². The number of nitrogens with one attached hydrogen (secondary N) is 1. The number of ether oxygens (including phenoxy) is 5. The van der Waals surface area contributed by atoms with Crippen molar-refractivity contribution in [1.82, 2.24) is 5.32 Å². The Labute approximate surface area is 135 Å². The summed E-state index contributed by atoms with van der Waals surface area (Å²) in [5, 5.41) is 2.74. The Morgan fingerprint density at radius 1 is 1.22 bits per heavy atom. The standard InChI is InChI=1S/C15H26N2O6/c1-12(2,3)23-11(18)17-6-14-7-20-15(16,8-19-14)10-9(14)21-13(4,5)22-10/h9-10H,6-8,16H2,1-5H3,(H,17,18)/t9?,10?,14?,15-/m1/s1. The molecule has 8 nitrogen and oxygen atoms in total. The highest BCUT2D eigenvalue weighted by molar-refractivity contribution is 5.67. The van der Waals surface area contributed by atoms with Gasteiger partial charge in [0.15, 0.2) is 11.5 Å². The van der Waals surface area contributed by atoms with Crippen molar-refractivity contribution in [3.05, 3.63) is 0 Å². The van der Waals surface area contributed by atoms with E-state index in [9.17, 15) is 4.79 Å². The van der Waals surface area contributed by atoms with Crippen LogP contribution in [-0.4, -0.2) is 60.8 Å². The molecule has 1 amide bonds. The van der Waals surface area contributed by atoms with Crippen LogP contribution in [0.2, 0.25) is 0 Å². The molecule has 2 bridgehead atoms. The average molecular weight is 330 g/mol. The Bertz CT molecular complexity index is 493. The third kappa shape index (κ3) is 3.06. The van der Waals surface area contributed by atoms with Crippen LogP contribution < -0.4 is 11.1 Å². The number of fused-ring (bicyclic) bond motifs is 2. The molecule has 0 aliphatic carbocycles. The first-order valence-electron chi connectivity index (χ1n) is 7.84. The number of amides is 1. The highest BCUT2D eigenvalue weighted by atomic mass is 16.8. The van der Waals surface area contributed by atoms with Gasteiger partial charge in [0.25, 0.3) is 0 Å². The lowest BCUT2D eigenvalue weighted by Gasteiger charge is -2.55. The minimum Gasteiger partial charge on any atom is -0.444 e. The summed E-state index contributed by atoms with van der Waals surface area (Å²) in [7, 11) is 0. The second kappa shape index (κ2) is 5.03. The predicted octanol–water partition coefficient (Wildman–Crippen LogP) is 0.485. The first kappa shape index (κ1) is 16.9. The number of nitrogens with two attached hydrogens (primary N) is 1. The molecule has 0 aromatic carbocycles. The summed E-state index contributed by atoms with van der Waals surface area (Å²) in [5.74, 6) is -0.779. The number of carbonyl (C=O) groups is 1. The van der Waals surface area contributed by atoms with Crippen LogP contribution in [0.25, 0.3) is 0 Å². The molecule has 4 heterocycles. The predicted molar refractivity (Wildman–Crippen MR) is 79.6 cm³/mol. The largest absolute Gasteiger partial charge is 0.444 e. The van der Waals surface area contributed by atoms with Crippen molar-refractivity contribution in [2.45, 2.75) is 69.5 Å². The average Bonchev–Trinajstić information content (AvgIpc) is 2.74. The lowest BCUT2D eigenvalue weighted by molar-refractivity contribution is -0.327. The highest BCUT2D eigenvalue weighted by Gasteiger charge is 2.68. The van der Waals surface area contributed by atoms with Crippen LogP contribution in [0.5, 0.6) is 0 Å². The number of alkyl carbamates (subject to hydrolysis) is 1. The van der Waals surface area contributed by atoms with E-state index in [0.29, 0.717) is 0 Å². The van der Waals surface area contributed by atoms with Gasteiger partial charge in [-0.3, -0.25) is 5.73 Å². The second-order valence-electron chi connectivity index (χ2n) is 7.93. The van der Waals surface area contributed by atoms with E-state index in [-0.39, 0.29) is 19.8 Å². The molecule has 4 rings (SSSR count). The van der Waals surface area contributed by atoms with Gasteiger partial charge in [0, 0.05) is 0 Å². The molecular formula is C15H26N2O6. The van der Waals surface area contributed by atoms with E-state index in [1.165, 1.54) is 0 Å². The van der Waals surface area contributed by atoms with Crippen molar-refractivity contribution < 1.29 is 28.5 Å². The van der Waals surface area contributed by atoms with Crippen LogP contribution >= 0.6 is 0 Å². The van der Waals surface area contributed by atoms with Crippen molar-refractivity contribution in [3.8, 4) is 0 Å². The first-order chi connectivity index (χ1) is 10.4. The summed E-state index contributed by atoms with van der Waals surface area (Å²) in [5.41, 5.74) is 3.81. The van der Waals surface area contributed by atoms with Gasteiger partial charge in [0.2, 0.25) is 0 Å². The third-order valence-electron chi connectivity index (χ3n) is 4.20. The molecule has 0 aromatic rings. The molecule has 132 valence electrons.